The average molecular weight is 428 g/mol. The normalized spacial score (nSPS) is 10.4. The van der Waals surface area contributed by atoms with Gasteiger partial charge in [0.15, 0.2) is 0 Å². The number of benzene rings is 2. The summed E-state index contributed by atoms with van der Waals surface area (Å²) in [4.78, 5) is 17.5. The Morgan fingerprint density at radius 3 is 2.69 bits per heavy atom. The van der Waals surface area contributed by atoms with Crippen LogP contribution in [0.5, 0.6) is 0 Å². The maximum absolute atomic E-state index is 12.3. The molecule has 0 unspecified atom stereocenters. The Bertz CT molecular complexity index is 929. The summed E-state index contributed by atoms with van der Waals surface area (Å²) in [5, 5.41) is 2.91. The van der Waals surface area contributed by atoms with Crippen LogP contribution in [0, 0.1) is 13.8 Å². The predicted molar refractivity (Wildman–Crippen MR) is 112 cm³/mol. The molecule has 0 aliphatic carbocycles. The lowest BCUT2D eigenvalue weighted by Crippen LogP contribution is -2.12. The van der Waals surface area contributed by atoms with E-state index in [9.17, 15) is 4.79 Å². The van der Waals surface area contributed by atoms with Crippen LogP contribution in [0.2, 0.25) is 0 Å². The topological polar surface area (TPSA) is 54.0 Å². The fraction of sp³-hybridized carbons (Fsp3) is 0.100. The van der Waals surface area contributed by atoms with E-state index >= 15 is 0 Å². The van der Waals surface area contributed by atoms with Crippen molar-refractivity contribution in [3.8, 4) is 0 Å². The largest absolute Gasteiger partial charge is 0.325 e. The first-order chi connectivity index (χ1) is 12.5. The standard InChI is InChI=1S/C20H18BrN3OS/c1-13-6-9-18(21)19(10-13)24-26-17-5-3-4-16(11-17)23-20(25)15-8-7-14(2)22-12-15/h3-12,24H,1-2H3,(H,23,25). The molecular weight excluding hydrogens is 410 g/mol. The molecular formula is C20H18BrN3OS. The van der Waals surface area contributed by atoms with E-state index in [1.54, 1.807) is 12.3 Å². The van der Waals surface area contributed by atoms with Crippen LogP contribution >= 0.6 is 27.9 Å². The van der Waals surface area contributed by atoms with Crippen LogP contribution in [0.3, 0.4) is 0 Å². The molecule has 3 rings (SSSR count). The number of carbonyl (C=O) groups excluding carboxylic acids is 1. The van der Waals surface area contributed by atoms with Crippen molar-refractivity contribution in [2.24, 2.45) is 0 Å². The molecule has 0 atom stereocenters. The summed E-state index contributed by atoms with van der Waals surface area (Å²) < 4.78 is 4.34. The summed E-state index contributed by atoms with van der Waals surface area (Å²) in [7, 11) is 0. The molecule has 2 aromatic carbocycles. The van der Waals surface area contributed by atoms with Crippen molar-refractivity contribution in [1.82, 2.24) is 4.98 Å². The number of hydrogen-bond acceptors (Lipinski definition) is 4. The van der Waals surface area contributed by atoms with Gasteiger partial charge in [0.25, 0.3) is 5.91 Å². The Kier molecular flexibility index (Phi) is 5.96. The van der Waals surface area contributed by atoms with Crippen LogP contribution in [0.25, 0.3) is 0 Å². The van der Waals surface area contributed by atoms with E-state index in [1.165, 1.54) is 17.5 Å². The minimum absolute atomic E-state index is 0.172. The summed E-state index contributed by atoms with van der Waals surface area (Å²) in [5.74, 6) is -0.172. The number of carbonyl (C=O) groups is 1. The first-order valence-electron chi connectivity index (χ1n) is 8.04. The molecule has 3 aromatic rings. The van der Waals surface area contributed by atoms with E-state index in [4.69, 9.17) is 0 Å². The van der Waals surface area contributed by atoms with E-state index in [2.05, 4.69) is 50.0 Å². The minimum atomic E-state index is -0.172. The zero-order valence-corrected chi connectivity index (χ0v) is 16.8. The van der Waals surface area contributed by atoms with E-state index in [-0.39, 0.29) is 5.91 Å². The van der Waals surface area contributed by atoms with Crippen molar-refractivity contribution in [3.05, 3.63) is 82.1 Å². The lowest BCUT2D eigenvalue weighted by molar-refractivity contribution is 0.102. The van der Waals surface area contributed by atoms with E-state index in [0.717, 1.165) is 26.4 Å². The smallest absolute Gasteiger partial charge is 0.257 e. The highest BCUT2D eigenvalue weighted by molar-refractivity contribution is 9.10. The molecule has 0 aliphatic rings. The van der Waals surface area contributed by atoms with Crippen LogP contribution in [0.15, 0.2) is 70.2 Å². The molecule has 0 spiro atoms. The highest BCUT2D eigenvalue weighted by Crippen LogP contribution is 2.29. The Hall–Kier alpha value is -2.31. The third kappa shape index (κ3) is 4.86. The molecule has 0 saturated heterocycles. The van der Waals surface area contributed by atoms with Crippen LogP contribution in [-0.2, 0) is 0 Å². The molecule has 1 amide bonds. The zero-order valence-electron chi connectivity index (χ0n) is 14.4. The first-order valence-corrected chi connectivity index (χ1v) is 9.65. The Labute approximate surface area is 165 Å². The monoisotopic (exact) mass is 427 g/mol. The molecule has 0 fully saturated rings. The summed E-state index contributed by atoms with van der Waals surface area (Å²) in [5.41, 5.74) is 4.36. The second-order valence-corrected chi connectivity index (χ2v) is 7.59. The molecule has 0 bridgehead atoms. The number of rotatable bonds is 5. The highest BCUT2D eigenvalue weighted by Gasteiger charge is 2.07. The summed E-state index contributed by atoms with van der Waals surface area (Å²) >= 11 is 5.04. The second kappa shape index (κ2) is 8.38. The molecule has 2 N–H and O–H groups in total. The summed E-state index contributed by atoms with van der Waals surface area (Å²) in [6.07, 6.45) is 1.58. The maximum Gasteiger partial charge on any atom is 0.257 e. The fourth-order valence-corrected chi connectivity index (χ4v) is 3.48. The lowest BCUT2D eigenvalue weighted by atomic mass is 10.2. The van der Waals surface area contributed by atoms with Gasteiger partial charge in [-0.15, -0.1) is 0 Å². The van der Waals surface area contributed by atoms with Crippen molar-refractivity contribution in [2.75, 3.05) is 10.0 Å². The predicted octanol–water partition coefficient (Wildman–Crippen LogP) is 5.83. The molecule has 26 heavy (non-hydrogen) atoms. The van der Waals surface area contributed by atoms with Gasteiger partial charge in [0.1, 0.15) is 0 Å². The summed E-state index contributed by atoms with van der Waals surface area (Å²) in [6.45, 7) is 3.94. The number of aryl methyl sites for hydroxylation is 2. The van der Waals surface area contributed by atoms with Crippen molar-refractivity contribution >= 4 is 45.2 Å². The van der Waals surface area contributed by atoms with Crippen molar-refractivity contribution < 1.29 is 4.79 Å². The molecule has 6 heteroatoms. The molecule has 1 aromatic heterocycles. The molecule has 0 aliphatic heterocycles. The molecule has 4 nitrogen and oxygen atoms in total. The first kappa shape index (κ1) is 18.5. The number of pyridine rings is 1. The molecule has 0 radical (unpaired) electrons. The third-order valence-corrected chi connectivity index (χ3v) is 5.17. The van der Waals surface area contributed by atoms with E-state index in [1.807, 2.05) is 43.3 Å². The van der Waals surface area contributed by atoms with Gasteiger partial charge < -0.3 is 10.0 Å². The van der Waals surface area contributed by atoms with Gasteiger partial charge in [0.2, 0.25) is 0 Å². The number of anilines is 2. The van der Waals surface area contributed by atoms with Gasteiger partial charge in [-0.3, -0.25) is 9.78 Å². The molecule has 1 heterocycles. The highest BCUT2D eigenvalue weighted by atomic mass is 79.9. The van der Waals surface area contributed by atoms with Crippen LogP contribution in [-0.4, -0.2) is 10.9 Å². The van der Waals surface area contributed by atoms with Crippen LogP contribution in [0.1, 0.15) is 21.6 Å². The Balaban J connectivity index is 1.67. The third-order valence-electron chi connectivity index (χ3n) is 3.67. The van der Waals surface area contributed by atoms with Gasteiger partial charge in [0.05, 0.1) is 11.3 Å². The van der Waals surface area contributed by atoms with Crippen molar-refractivity contribution in [1.29, 1.82) is 0 Å². The fourth-order valence-electron chi connectivity index (χ4n) is 2.27. The number of nitrogens with one attached hydrogen (secondary N) is 2. The second-order valence-electron chi connectivity index (χ2n) is 5.86. The van der Waals surface area contributed by atoms with Crippen molar-refractivity contribution in [3.63, 3.8) is 0 Å². The van der Waals surface area contributed by atoms with E-state index in [0.29, 0.717) is 5.56 Å². The molecule has 0 saturated carbocycles. The van der Waals surface area contributed by atoms with Gasteiger partial charge in [-0.1, -0.05) is 12.1 Å². The van der Waals surface area contributed by atoms with Crippen molar-refractivity contribution in [2.45, 2.75) is 18.7 Å². The van der Waals surface area contributed by atoms with Gasteiger partial charge in [-0.05, 0) is 89.8 Å². The summed E-state index contributed by atoms with van der Waals surface area (Å²) in [6, 6.07) is 17.4. The van der Waals surface area contributed by atoms with Crippen LogP contribution < -0.4 is 10.0 Å². The maximum atomic E-state index is 12.3. The quantitative estimate of drug-likeness (QED) is 0.502. The zero-order chi connectivity index (χ0) is 18.5. The average Bonchev–Trinajstić information content (AvgIpc) is 2.63. The number of nitrogens with zero attached hydrogens (tertiary/aromatic N) is 1. The Morgan fingerprint density at radius 2 is 1.92 bits per heavy atom. The minimum Gasteiger partial charge on any atom is -0.325 e. The molecule has 132 valence electrons. The van der Waals surface area contributed by atoms with Gasteiger partial charge in [-0.25, -0.2) is 0 Å². The number of aromatic nitrogens is 1. The van der Waals surface area contributed by atoms with E-state index < -0.39 is 0 Å². The SMILES string of the molecule is Cc1ccc(Br)c(NSc2cccc(NC(=O)c3ccc(C)nc3)c2)c1. The van der Waals surface area contributed by atoms with Gasteiger partial charge in [-0.2, -0.15) is 0 Å². The van der Waals surface area contributed by atoms with Crippen LogP contribution in [0.4, 0.5) is 11.4 Å². The number of hydrogen-bond donors (Lipinski definition) is 2. The number of amides is 1. The van der Waals surface area contributed by atoms with Gasteiger partial charge >= 0.3 is 0 Å². The number of halogens is 1. The Morgan fingerprint density at radius 1 is 1.08 bits per heavy atom. The van der Waals surface area contributed by atoms with Gasteiger partial charge in [0, 0.05) is 26.9 Å². The lowest BCUT2D eigenvalue weighted by Gasteiger charge is -2.10.